The normalized spacial score (nSPS) is 10.8. The molecule has 7 heteroatoms. The first-order valence-electron chi connectivity index (χ1n) is 5.95. The molecular weight excluding hydrogens is 266 g/mol. The molecular formula is C12H14N3O3S-. The van der Waals surface area contributed by atoms with Gasteiger partial charge in [0, 0.05) is 42.6 Å². The topological polar surface area (TPSA) is 86.5 Å². The number of amides is 1. The highest BCUT2D eigenvalue weighted by Crippen LogP contribution is 2.15. The molecule has 2 aromatic heterocycles. The summed E-state index contributed by atoms with van der Waals surface area (Å²) in [7, 11) is 0. The van der Waals surface area contributed by atoms with Crippen LogP contribution in [0.3, 0.4) is 0 Å². The molecule has 1 amide bonds. The summed E-state index contributed by atoms with van der Waals surface area (Å²) in [5.74, 6) is -1.48. The van der Waals surface area contributed by atoms with Crippen molar-refractivity contribution in [1.29, 1.82) is 0 Å². The molecule has 2 rings (SSSR count). The van der Waals surface area contributed by atoms with E-state index in [1.807, 2.05) is 22.9 Å². The molecule has 102 valence electrons. The summed E-state index contributed by atoms with van der Waals surface area (Å²) in [6.45, 7) is 2.46. The van der Waals surface area contributed by atoms with Gasteiger partial charge in [-0.1, -0.05) is 0 Å². The number of carbonyl (C=O) groups is 2. The van der Waals surface area contributed by atoms with E-state index in [1.54, 1.807) is 11.3 Å². The van der Waals surface area contributed by atoms with Crippen molar-refractivity contribution in [3.8, 4) is 0 Å². The van der Waals surface area contributed by atoms with Crippen molar-refractivity contribution in [2.24, 2.45) is 0 Å². The van der Waals surface area contributed by atoms with Crippen LogP contribution in [0.5, 0.6) is 0 Å². The van der Waals surface area contributed by atoms with Crippen LogP contribution in [0.2, 0.25) is 0 Å². The molecule has 0 spiro atoms. The SMILES string of the molecule is Cc1csc2nc(CCNC(=O)CCC(=O)[O-])cn12. The number of aromatic nitrogens is 2. The maximum Gasteiger partial charge on any atom is 0.220 e. The second-order valence-corrected chi connectivity index (χ2v) is 5.07. The predicted octanol–water partition coefficient (Wildman–Crippen LogP) is -0.107. The van der Waals surface area contributed by atoms with Crippen LogP contribution < -0.4 is 10.4 Å². The van der Waals surface area contributed by atoms with E-state index in [9.17, 15) is 14.7 Å². The second-order valence-electron chi connectivity index (χ2n) is 4.23. The molecule has 0 aliphatic carbocycles. The molecule has 0 aliphatic rings. The molecule has 0 unspecified atom stereocenters. The molecule has 2 aromatic rings. The fourth-order valence-electron chi connectivity index (χ4n) is 1.69. The van der Waals surface area contributed by atoms with Gasteiger partial charge in [0.2, 0.25) is 5.91 Å². The maximum absolute atomic E-state index is 11.3. The molecule has 0 bridgehead atoms. The fourth-order valence-corrected chi connectivity index (χ4v) is 2.56. The highest BCUT2D eigenvalue weighted by molar-refractivity contribution is 7.15. The number of aryl methyl sites for hydroxylation is 1. The van der Waals surface area contributed by atoms with E-state index in [4.69, 9.17) is 0 Å². The lowest BCUT2D eigenvalue weighted by Crippen LogP contribution is -2.29. The van der Waals surface area contributed by atoms with Gasteiger partial charge >= 0.3 is 0 Å². The van der Waals surface area contributed by atoms with Gasteiger partial charge in [0.1, 0.15) is 0 Å². The monoisotopic (exact) mass is 280 g/mol. The summed E-state index contributed by atoms with van der Waals surface area (Å²) < 4.78 is 2.01. The minimum atomic E-state index is -1.21. The maximum atomic E-state index is 11.3. The smallest absolute Gasteiger partial charge is 0.220 e. The zero-order valence-electron chi connectivity index (χ0n) is 10.5. The lowest BCUT2D eigenvalue weighted by molar-refractivity contribution is -0.305. The number of hydrogen-bond donors (Lipinski definition) is 1. The third-order valence-corrected chi connectivity index (χ3v) is 3.66. The minimum Gasteiger partial charge on any atom is -0.550 e. The van der Waals surface area contributed by atoms with Crippen molar-refractivity contribution in [3.63, 3.8) is 0 Å². The first-order chi connectivity index (χ1) is 9.06. The molecule has 2 heterocycles. The third-order valence-electron chi connectivity index (χ3n) is 2.70. The Morgan fingerprint density at radius 3 is 2.95 bits per heavy atom. The minimum absolute atomic E-state index is 0.0419. The number of carboxylic acid groups (broad SMARTS) is 1. The predicted molar refractivity (Wildman–Crippen MR) is 68.8 cm³/mol. The van der Waals surface area contributed by atoms with E-state index in [1.165, 1.54) is 0 Å². The van der Waals surface area contributed by atoms with Crippen LogP contribution in [0.1, 0.15) is 24.2 Å². The van der Waals surface area contributed by atoms with E-state index in [-0.39, 0.29) is 18.7 Å². The zero-order valence-corrected chi connectivity index (χ0v) is 11.3. The molecule has 0 fully saturated rings. The fraction of sp³-hybridized carbons (Fsp3) is 0.417. The lowest BCUT2D eigenvalue weighted by Gasteiger charge is -2.04. The summed E-state index contributed by atoms with van der Waals surface area (Å²) >= 11 is 1.58. The van der Waals surface area contributed by atoms with E-state index >= 15 is 0 Å². The number of nitrogens with one attached hydrogen (secondary N) is 1. The first-order valence-corrected chi connectivity index (χ1v) is 6.83. The van der Waals surface area contributed by atoms with Gasteiger partial charge in [0.15, 0.2) is 4.96 Å². The molecule has 0 atom stereocenters. The third kappa shape index (κ3) is 3.54. The summed E-state index contributed by atoms with van der Waals surface area (Å²) in [5.41, 5.74) is 2.05. The van der Waals surface area contributed by atoms with Crippen LogP contribution in [0, 0.1) is 6.92 Å². The summed E-state index contributed by atoms with van der Waals surface area (Å²) in [5, 5.41) is 14.9. The van der Waals surface area contributed by atoms with Crippen LogP contribution in [0.25, 0.3) is 4.96 Å². The largest absolute Gasteiger partial charge is 0.550 e. The average Bonchev–Trinajstić information content (AvgIpc) is 2.89. The number of nitrogens with zero attached hydrogens (tertiary/aromatic N) is 2. The van der Waals surface area contributed by atoms with Crippen molar-refractivity contribution in [2.75, 3.05) is 6.54 Å². The standard InChI is InChI=1S/C12H15N3O3S/c1-8-7-19-12-14-9(6-15(8)12)4-5-13-10(16)2-3-11(17)18/h6-7H,2-5H2,1H3,(H,13,16)(H,17,18)/p-1. The van der Waals surface area contributed by atoms with Gasteiger partial charge in [0.05, 0.1) is 5.69 Å². The van der Waals surface area contributed by atoms with E-state index in [0.717, 1.165) is 16.3 Å². The Balaban J connectivity index is 1.79. The molecule has 0 saturated heterocycles. The zero-order chi connectivity index (χ0) is 13.8. The highest BCUT2D eigenvalue weighted by atomic mass is 32.1. The van der Waals surface area contributed by atoms with Crippen molar-refractivity contribution in [1.82, 2.24) is 14.7 Å². The Bertz CT molecular complexity index is 602. The Hall–Kier alpha value is -1.89. The molecule has 6 nitrogen and oxygen atoms in total. The number of carboxylic acids is 1. The van der Waals surface area contributed by atoms with Crippen molar-refractivity contribution in [2.45, 2.75) is 26.2 Å². The van der Waals surface area contributed by atoms with Crippen LogP contribution in [-0.4, -0.2) is 27.8 Å². The second kappa shape index (κ2) is 5.83. The number of imidazole rings is 1. The quantitative estimate of drug-likeness (QED) is 0.800. The lowest BCUT2D eigenvalue weighted by atomic mass is 10.3. The van der Waals surface area contributed by atoms with E-state index < -0.39 is 5.97 Å². The molecule has 0 aromatic carbocycles. The highest BCUT2D eigenvalue weighted by Gasteiger charge is 2.06. The molecule has 0 radical (unpaired) electrons. The number of hydrogen-bond acceptors (Lipinski definition) is 5. The van der Waals surface area contributed by atoms with E-state index in [0.29, 0.717) is 13.0 Å². The van der Waals surface area contributed by atoms with Crippen molar-refractivity contribution < 1.29 is 14.7 Å². The van der Waals surface area contributed by atoms with E-state index in [2.05, 4.69) is 10.3 Å². The van der Waals surface area contributed by atoms with Crippen LogP contribution in [-0.2, 0) is 16.0 Å². The van der Waals surface area contributed by atoms with Crippen molar-refractivity contribution >= 4 is 28.2 Å². The number of aliphatic carboxylic acids is 1. The number of thiazole rings is 1. The summed E-state index contributed by atoms with van der Waals surface area (Å²) in [4.78, 5) is 26.9. The Labute approximate surface area is 114 Å². The van der Waals surface area contributed by atoms with Crippen LogP contribution >= 0.6 is 11.3 Å². The number of fused-ring (bicyclic) bond motifs is 1. The number of rotatable bonds is 6. The summed E-state index contributed by atoms with van der Waals surface area (Å²) in [6, 6.07) is 0. The first kappa shape index (κ1) is 13.5. The van der Waals surface area contributed by atoms with Crippen LogP contribution in [0.4, 0.5) is 0 Å². The molecule has 19 heavy (non-hydrogen) atoms. The average molecular weight is 280 g/mol. The van der Waals surface area contributed by atoms with Gasteiger partial charge in [0.25, 0.3) is 0 Å². The Morgan fingerprint density at radius 1 is 1.47 bits per heavy atom. The molecule has 1 N–H and O–H groups in total. The van der Waals surface area contributed by atoms with Crippen LogP contribution in [0.15, 0.2) is 11.6 Å². The molecule has 0 saturated carbocycles. The van der Waals surface area contributed by atoms with Gasteiger partial charge < -0.3 is 15.2 Å². The van der Waals surface area contributed by atoms with Gasteiger partial charge in [-0.15, -0.1) is 11.3 Å². The number of carbonyl (C=O) groups excluding carboxylic acids is 2. The van der Waals surface area contributed by atoms with Gasteiger partial charge in [-0.05, 0) is 13.3 Å². The van der Waals surface area contributed by atoms with Gasteiger partial charge in [-0.2, -0.15) is 0 Å². The summed E-state index contributed by atoms with van der Waals surface area (Å²) in [6.07, 6.45) is 2.30. The Morgan fingerprint density at radius 2 is 2.26 bits per heavy atom. The van der Waals surface area contributed by atoms with Crippen molar-refractivity contribution in [3.05, 3.63) is 23.0 Å². The molecule has 0 aliphatic heterocycles. The van der Waals surface area contributed by atoms with Gasteiger partial charge in [-0.25, -0.2) is 4.98 Å². The van der Waals surface area contributed by atoms with Gasteiger partial charge in [-0.3, -0.25) is 9.20 Å². The Kier molecular flexibility index (Phi) is 4.16.